The van der Waals surface area contributed by atoms with Gasteiger partial charge in [0.1, 0.15) is 9.96 Å². The molecule has 10 heteroatoms. The Kier molecular flexibility index (Phi) is 5.87. The molecule has 3 rings (SSSR count). The highest BCUT2D eigenvalue weighted by molar-refractivity contribution is 7.94. The van der Waals surface area contributed by atoms with Crippen LogP contribution in [0.2, 0.25) is 0 Å². The van der Waals surface area contributed by atoms with Crippen LogP contribution in [0.15, 0.2) is 63.7 Å². The molecule has 0 bridgehead atoms. The first-order valence-electron chi connectivity index (χ1n) is 8.47. The molecule has 2 N–H and O–H groups in total. The number of hydrogen-bond acceptors (Lipinski definition) is 6. The van der Waals surface area contributed by atoms with Gasteiger partial charge in [0.15, 0.2) is 0 Å². The molecule has 0 aliphatic carbocycles. The first kappa shape index (κ1) is 21.2. The lowest BCUT2D eigenvalue weighted by atomic mass is 10.2. The van der Waals surface area contributed by atoms with Gasteiger partial charge in [-0.25, -0.2) is 16.8 Å². The molecule has 0 saturated carbocycles. The van der Waals surface area contributed by atoms with Gasteiger partial charge < -0.3 is 4.74 Å². The minimum Gasteiger partial charge on any atom is -0.497 e. The fraction of sp³-hybridized carbons (Fsp3) is 0.158. The molecule has 2 aromatic carbocycles. The average molecular weight is 453 g/mol. The summed E-state index contributed by atoms with van der Waals surface area (Å²) in [5.41, 5.74) is 1.17. The van der Waals surface area contributed by atoms with Gasteiger partial charge in [-0.3, -0.25) is 9.44 Å². The minimum atomic E-state index is -3.91. The summed E-state index contributed by atoms with van der Waals surface area (Å²) in [6.45, 7) is 3.51. The number of nitrogens with one attached hydrogen (secondary N) is 2. The first-order chi connectivity index (χ1) is 13.6. The second kappa shape index (κ2) is 8.05. The number of benzene rings is 2. The van der Waals surface area contributed by atoms with Gasteiger partial charge in [0, 0.05) is 10.6 Å². The van der Waals surface area contributed by atoms with Crippen LogP contribution in [0.25, 0.3) is 0 Å². The van der Waals surface area contributed by atoms with Crippen molar-refractivity contribution >= 4 is 42.8 Å². The van der Waals surface area contributed by atoms with E-state index in [9.17, 15) is 16.8 Å². The highest BCUT2D eigenvalue weighted by Gasteiger charge is 2.20. The fourth-order valence-electron chi connectivity index (χ4n) is 2.50. The third kappa shape index (κ3) is 4.89. The van der Waals surface area contributed by atoms with Crippen LogP contribution in [0.1, 0.15) is 10.4 Å². The summed E-state index contributed by atoms with van der Waals surface area (Å²) < 4.78 is 60.9. The van der Waals surface area contributed by atoms with Crippen LogP contribution in [-0.4, -0.2) is 23.9 Å². The van der Waals surface area contributed by atoms with Gasteiger partial charge >= 0.3 is 0 Å². The second-order valence-corrected chi connectivity index (χ2v) is 11.2. The molecule has 0 spiro atoms. The van der Waals surface area contributed by atoms with E-state index in [4.69, 9.17) is 4.74 Å². The highest BCUT2D eigenvalue weighted by atomic mass is 32.2. The fourth-order valence-corrected chi connectivity index (χ4v) is 5.99. The molecule has 1 aromatic heterocycles. The van der Waals surface area contributed by atoms with Crippen LogP contribution in [0, 0.1) is 13.8 Å². The van der Waals surface area contributed by atoms with E-state index in [1.807, 2.05) is 6.92 Å². The zero-order chi connectivity index (χ0) is 21.2. The number of methoxy groups -OCH3 is 1. The molecule has 0 aliphatic rings. The van der Waals surface area contributed by atoms with E-state index < -0.39 is 20.0 Å². The van der Waals surface area contributed by atoms with E-state index in [0.29, 0.717) is 17.0 Å². The quantitative estimate of drug-likeness (QED) is 0.565. The number of anilines is 2. The molecule has 0 atom stereocenters. The largest absolute Gasteiger partial charge is 0.497 e. The van der Waals surface area contributed by atoms with Gasteiger partial charge in [0.2, 0.25) is 0 Å². The number of aryl methyl sites for hydroxylation is 2. The van der Waals surface area contributed by atoms with E-state index in [2.05, 4.69) is 9.44 Å². The maximum Gasteiger partial charge on any atom is 0.271 e. The molecule has 1 heterocycles. The van der Waals surface area contributed by atoms with Crippen molar-refractivity contribution in [2.24, 2.45) is 0 Å². The number of ether oxygens (including phenoxy) is 1. The second-order valence-electron chi connectivity index (χ2n) is 6.28. The molecule has 0 unspecified atom stereocenters. The van der Waals surface area contributed by atoms with Crippen molar-refractivity contribution in [2.75, 3.05) is 16.6 Å². The lowest BCUT2D eigenvalue weighted by molar-refractivity contribution is 0.415. The summed E-state index contributed by atoms with van der Waals surface area (Å²) in [6.07, 6.45) is 0. The van der Waals surface area contributed by atoms with Crippen molar-refractivity contribution in [3.8, 4) is 5.75 Å². The maximum absolute atomic E-state index is 12.7. The number of hydrogen-bond donors (Lipinski definition) is 2. The summed E-state index contributed by atoms with van der Waals surface area (Å²) in [7, 11) is -6.20. The van der Waals surface area contributed by atoms with Gasteiger partial charge in [-0.2, -0.15) is 0 Å². The first-order valence-corrected chi connectivity index (χ1v) is 12.3. The summed E-state index contributed by atoms with van der Waals surface area (Å²) in [5.74, 6) is 0.601. The molecule has 29 heavy (non-hydrogen) atoms. The summed E-state index contributed by atoms with van der Waals surface area (Å²) >= 11 is 1.14. The molecular weight excluding hydrogens is 432 g/mol. The van der Waals surface area contributed by atoms with E-state index in [0.717, 1.165) is 16.2 Å². The molecule has 0 amide bonds. The molecule has 0 fully saturated rings. The number of rotatable bonds is 7. The van der Waals surface area contributed by atoms with Crippen molar-refractivity contribution in [3.05, 3.63) is 65.0 Å². The Balaban J connectivity index is 1.89. The van der Waals surface area contributed by atoms with Gasteiger partial charge in [-0.1, -0.05) is 6.07 Å². The lowest BCUT2D eigenvalue weighted by Crippen LogP contribution is -2.15. The van der Waals surface area contributed by atoms with Crippen molar-refractivity contribution in [1.29, 1.82) is 0 Å². The van der Waals surface area contributed by atoms with Gasteiger partial charge in [0.05, 0.1) is 17.7 Å². The van der Waals surface area contributed by atoms with Crippen molar-refractivity contribution in [1.82, 2.24) is 0 Å². The highest BCUT2D eigenvalue weighted by Crippen LogP contribution is 2.27. The predicted molar refractivity (Wildman–Crippen MR) is 115 cm³/mol. The Morgan fingerprint density at radius 2 is 1.52 bits per heavy atom. The van der Waals surface area contributed by atoms with Crippen LogP contribution in [0.4, 0.5) is 11.4 Å². The van der Waals surface area contributed by atoms with E-state index in [1.165, 1.54) is 25.3 Å². The van der Waals surface area contributed by atoms with Crippen LogP contribution in [-0.2, 0) is 20.0 Å². The summed E-state index contributed by atoms with van der Waals surface area (Å²) in [6, 6.07) is 13.9. The lowest BCUT2D eigenvalue weighted by Gasteiger charge is -2.13. The van der Waals surface area contributed by atoms with E-state index >= 15 is 0 Å². The van der Waals surface area contributed by atoms with Crippen LogP contribution in [0.3, 0.4) is 0 Å². The third-order valence-corrected chi connectivity index (χ3v) is 8.32. The van der Waals surface area contributed by atoms with Crippen LogP contribution in [0.5, 0.6) is 5.75 Å². The molecule has 0 radical (unpaired) electrons. The normalized spacial score (nSPS) is 11.8. The van der Waals surface area contributed by atoms with E-state index in [-0.39, 0.29) is 14.8 Å². The minimum absolute atomic E-state index is 0.0565. The number of sulfonamides is 2. The zero-order valence-corrected chi connectivity index (χ0v) is 18.4. The Labute approximate surface area is 174 Å². The Hall–Kier alpha value is -2.56. The van der Waals surface area contributed by atoms with Crippen molar-refractivity contribution in [2.45, 2.75) is 23.0 Å². The van der Waals surface area contributed by atoms with Crippen LogP contribution < -0.4 is 14.2 Å². The van der Waals surface area contributed by atoms with Crippen LogP contribution >= 0.6 is 11.3 Å². The van der Waals surface area contributed by atoms with Gasteiger partial charge in [-0.05, 0) is 67.9 Å². The maximum atomic E-state index is 12.7. The van der Waals surface area contributed by atoms with Gasteiger partial charge in [-0.15, -0.1) is 11.3 Å². The Bertz CT molecular complexity index is 1230. The summed E-state index contributed by atoms with van der Waals surface area (Å²) in [4.78, 5) is 0.807. The van der Waals surface area contributed by atoms with E-state index in [1.54, 1.807) is 43.3 Å². The zero-order valence-electron chi connectivity index (χ0n) is 16.0. The molecule has 3 aromatic rings. The molecular formula is C19H20N2O5S3. The Morgan fingerprint density at radius 3 is 2.10 bits per heavy atom. The van der Waals surface area contributed by atoms with Crippen molar-refractivity contribution < 1.29 is 21.6 Å². The molecule has 154 valence electrons. The van der Waals surface area contributed by atoms with Crippen molar-refractivity contribution in [3.63, 3.8) is 0 Å². The topological polar surface area (TPSA) is 102 Å². The monoisotopic (exact) mass is 452 g/mol. The summed E-state index contributed by atoms with van der Waals surface area (Å²) in [5, 5.41) is 0. The molecule has 0 aliphatic heterocycles. The Morgan fingerprint density at radius 1 is 0.828 bits per heavy atom. The predicted octanol–water partition coefficient (Wildman–Crippen LogP) is 3.98. The standard InChI is InChI=1S/C19H20N2O5S3/c1-13-4-10-17(28(22,23)20-15-6-8-16(26-3)9-7-15)12-18(13)21-29(24,25)19-11-5-14(2)27-19/h4-12,20-21H,1-3H3. The number of thiophene rings is 1. The molecule has 0 saturated heterocycles. The average Bonchev–Trinajstić information content (AvgIpc) is 3.11. The molecule has 7 nitrogen and oxygen atoms in total. The smallest absolute Gasteiger partial charge is 0.271 e. The third-order valence-electron chi connectivity index (χ3n) is 4.09. The van der Waals surface area contributed by atoms with Gasteiger partial charge in [0.25, 0.3) is 20.0 Å². The SMILES string of the molecule is COc1ccc(NS(=O)(=O)c2ccc(C)c(NS(=O)(=O)c3ccc(C)s3)c2)cc1.